The molecular weight excluding hydrogens is 266 g/mol. The average molecular weight is 287 g/mol. The molecule has 5 nitrogen and oxygen atoms in total. The SMILES string of the molecule is CCC(CO)(CO)Nc1ccccc1S(=O)(=O)CC. The van der Waals surface area contributed by atoms with Crippen molar-refractivity contribution >= 4 is 15.5 Å². The third-order valence-corrected chi connectivity index (χ3v) is 5.07. The van der Waals surface area contributed by atoms with Gasteiger partial charge in [0, 0.05) is 0 Å². The number of sulfone groups is 1. The number of anilines is 1. The first kappa shape index (κ1) is 15.9. The van der Waals surface area contributed by atoms with Gasteiger partial charge in [-0.25, -0.2) is 8.42 Å². The zero-order chi connectivity index (χ0) is 14.5. The standard InChI is InChI=1S/C13H21NO4S/c1-3-13(9-15,10-16)14-11-7-5-6-8-12(11)19(17,18)4-2/h5-8,14-16H,3-4,9-10H2,1-2H3. The van der Waals surface area contributed by atoms with E-state index in [-0.39, 0.29) is 23.9 Å². The highest BCUT2D eigenvalue weighted by Crippen LogP contribution is 2.26. The van der Waals surface area contributed by atoms with Gasteiger partial charge in [-0.15, -0.1) is 0 Å². The van der Waals surface area contributed by atoms with E-state index in [1.165, 1.54) is 6.07 Å². The van der Waals surface area contributed by atoms with Crippen molar-refractivity contribution in [3.05, 3.63) is 24.3 Å². The molecule has 6 heteroatoms. The molecule has 0 saturated heterocycles. The lowest BCUT2D eigenvalue weighted by Crippen LogP contribution is -2.45. The number of nitrogens with one attached hydrogen (secondary N) is 1. The minimum absolute atomic E-state index is 0.00304. The van der Waals surface area contributed by atoms with Crippen LogP contribution in [0, 0.1) is 0 Å². The molecular formula is C13H21NO4S. The number of hydrogen-bond donors (Lipinski definition) is 3. The van der Waals surface area contributed by atoms with E-state index >= 15 is 0 Å². The lowest BCUT2D eigenvalue weighted by atomic mass is 9.98. The molecule has 108 valence electrons. The molecule has 0 heterocycles. The summed E-state index contributed by atoms with van der Waals surface area (Å²) in [4.78, 5) is 0.192. The third-order valence-electron chi connectivity index (χ3n) is 3.28. The topological polar surface area (TPSA) is 86.6 Å². The van der Waals surface area contributed by atoms with Crippen LogP contribution in [-0.2, 0) is 9.84 Å². The van der Waals surface area contributed by atoms with Gasteiger partial charge in [0.05, 0.1) is 35.1 Å². The number of benzene rings is 1. The lowest BCUT2D eigenvalue weighted by Gasteiger charge is -2.31. The van der Waals surface area contributed by atoms with Crippen LogP contribution in [0.15, 0.2) is 29.2 Å². The van der Waals surface area contributed by atoms with Gasteiger partial charge in [0.2, 0.25) is 0 Å². The van der Waals surface area contributed by atoms with Gasteiger partial charge in [0.25, 0.3) is 0 Å². The molecule has 1 rings (SSSR count). The molecule has 1 aromatic carbocycles. The van der Waals surface area contributed by atoms with Gasteiger partial charge in [-0.1, -0.05) is 26.0 Å². The van der Waals surface area contributed by atoms with E-state index in [1.807, 2.05) is 6.92 Å². The normalized spacial score (nSPS) is 12.4. The van der Waals surface area contributed by atoms with Gasteiger partial charge < -0.3 is 15.5 Å². The molecule has 0 spiro atoms. The minimum atomic E-state index is -3.35. The highest BCUT2D eigenvalue weighted by atomic mass is 32.2. The van der Waals surface area contributed by atoms with E-state index in [1.54, 1.807) is 25.1 Å². The van der Waals surface area contributed by atoms with E-state index in [0.717, 1.165) is 0 Å². The van der Waals surface area contributed by atoms with Crippen LogP contribution in [0.2, 0.25) is 0 Å². The quantitative estimate of drug-likeness (QED) is 0.697. The Morgan fingerprint density at radius 1 is 1.16 bits per heavy atom. The zero-order valence-electron chi connectivity index (χ0n) is 11.3. The second kappa shape index (κ2) is 6.36. The summed E-state index contributed by atoms with van der Waals surface area (Å²) in [7, 11) is -3.35. The highest BCUT2D eigenvalue weighted by Gasteiger charge is 2.28. The molecule has 1 aromatic rings. The molecule has 0 aliphatic heterocycles. The van der Waals surface area contributed by atoms with Gasteiger partial charge in [-0.05, 0) is 18.6 Å². The Kier molecular flexibility index (Phi) is 5.34. The molecule has 3 N–H and O–H groups in total. The molecule has 0 aliphatic rings. The summed E-state index contributed by atoms with van der Waals surface area (Å²) in [5.74, 6) is 0.00304. The van der Waals surface area contributed by atoms with Gasteiger partial charge >= 0.3 is 0 Å². The first-order valence-electron chi connectivity index (χ1n) is 6.26. The summed E-state index contributed by atoms with van der Waals surface area (Å²) in [6.45, 7) is 2.84. The van der Waals surface area contributed by atoms with Crippen LogP contribution in [0.4, 0.5) is 5.69 Å². The average Bonchev–Trinajstić information content (AvgIpc) is 2.45. The molecule has 19 heavy (non-hydrogen) atoms. The van der Waals surface area contributed by atoms with E-state index in [2.05, 4.69) is 5.32 Å². The smallest absolute Gasteiger partial charge is 0.180 e. The van der Waals surface area contributed by atoms with Crippen molar-refractivity contribution in [1.29, 1.82) is 0 Å². The van der Waals surface area contributed by atoms with Crippen LogP contribution in [0.3, 0.4) is 0 Å². The molecule has 0 radical (unpaired) electrons. The van der Waals surface area contributed by atoms with Crippen molar-refractivity contribution in [2.24, 2.45) is 0 Å². The Morgan fingerprint density at radius 3 is 2.21 bits per heavy atom. The molecule has 0 atom stereocenters. The van der Waals surface area contributed by atoms with Crippen LogP contribution in [0.25, 0.3) is 0 Å². The van der Waals surface area contributed by atoms with Crippen molar-refractivity contribution in [3.63, 3.8) is 0 Å². The molecule has 0 saturated carbocycles. The van der Waals surface area contributed by atoms with Crippen LogP contribution < -0.4 is 5.32 Å². The van der Waals surface area contributed by atoms with Crippen molar-refractivity contribution in [1.82, 2.24) is 0 Å². The predicted molar refractivity (Wildman–Crippen MR) is 75.0 cm³/mol. The monoisotopic (exact) mass is 287 g/mol. The van der Waals surface area contributed by atoms with Crippen molar-refractivity contribution in [2.45, 2.75) is 30.7 Å². The summed E-state index contributed by atoms with van der Waals surface area (Å²) < 4.78 is 24.0. The molecule has 0 unspecified atom stereocenters. The first-order valence-corrected chi connectivity index (χ1v) is 7.91. The van der Waals surface area contributed by atoms with E-state index in [9.17, 15) is 18.6 Å². The minimum Gasteiger partial charge on any atom is -0.394 e. The Hall–Kier alpha value is -1.11. The predicted octanol–water partition coefficient (Wildman–Crippen LogP) is 1.03. The summed E-state index contributed by atoms with van der Waals surface area (Å²) in [6, 6.07) is 6.53. The fraction of sp³-hybridized carbons (Fsp3) is 0.538. The van der Waals surface area contributed by atoms with Gasteiger partial charge in [-0.3, -0.25) is 0 Å². The van der Waals surface area contributed by atoms with E-state index in [0.29, 0.717) is 12.1 Å². The number of para-hydroxylation sites is 1. The maximum atomic E-state index is 12.0. The van der Waals surface area contributed by atoms with Gasteiger partial charge in [-0.2, -0.15) is 0 Å². The number of aliphatic hydroxyl groups is 2. The fourth-order valence-corrected chi connectivity index (χ4v) is 2.77. The molecule has 0 amide bonds. The number of hydrogen-bond acceptors (Lipinski definition) is 5. The molecule has 0 bridgehead atoms. The molecule has 0 fully saturated rings. The van der Waals surface area contributed by atoms with Crippen molar-refractivity contribution in [3.8, 4) is 0 Å². The summed E-state index contributed by atoms with van der Waals surface area (Å²) >= 11 is 0. The van der Waals surface area contributed by atoms with Crippen LogP contribution in [-0.4, -0.2) is 43.1 Å². The van der Waals surface area contributed by atoms with Crippen LogP contribution in [0.1, 0.15) is 20.3 Å². The van der Waals surface area contributed by atoms with Crippen LogP contribution >= 0.6 is 0 Å². The Morgan fingerprint density at radius 2 is 1.74 bits per heavy atom. The van der Waals surface area contributed by atoms with Crippen molar-refractivity contribution in [2.75, 3.05) is 24.3 Å². The van der Waals surface area contributed by atoms with E-state index < -0.39 is 15.4 Å². The second-order valence-electron chi connectivity index (χ2n) is 4.47. The van der Waals surface area contributed by atoms with E-state index in [4.69, 9.17) is 0 Å². The molecule has 0 aliphatic carbocycles. The third kappa shape index (κ3) is 3.46. The van der Waals surface area contributed by atoms with Crippen molar-refractivity contribution < 1.29 is 18.6 Å². The Balaban J connectivity index is 3.22. The zero-order valence-corrected chi connectivity index (χ0v) is 12.1. The van der Waals surface area contributed by atoms with Gasteiger partial charge in [0.1, 0.15) is 0 Å². The Bertz CT molecular complexity index is 501. The van der Waals surface area contributed by atoms with Gasteiger partial charge in [0.15, 0.2) is 9.84 Å². The Labute approximate surface area is 114 Å². The maximum absolute atomic E-state index is 12.0. The fourth-order valence-electron chi connectivity index (χ4n) is 1.72. The maximum Gasteiger partial charge on any atom is 0.180 e. The largest absolute Gasteiger partial charge is 0.394 e. The van der Waals surface area contributed by atoms with Crippen LogP contribution in [0.5, 0.6) is 0 Å². The second-order valence-corrected chi connectivity index (χ2v) is 6.72. The summed E-state index contributed by atoms with van der Waals surface area (Å²) in [5, 5.41) is 21.8. The lowest BCUT2D eigenvalue weighted by molar-refractivity contribution is 0.132. The first-order chi connectivity index (χ1) is 8.94. The highest BCUT2D eigenvalue weighted by molar-refractivity contribution is 7.91. The summed E-state index contributed by atoms with van der Waals surface area (Å²) in [6.07, 6.45) is 0.473. The summed E-state index contributed by atoms with van der Waals surface area (Å²) in [5.41, 5.74) is -0.506. The number of aliphatic hydroxyl groups excluding tert-OH is 2. The molecule has 0 aromatic heterocycles. The number of rotatable bonds is 7.